The predicted octanol–water partition coefficient (Wildman–Crippen LogP) is 3.76. The number of hydrogen-bond acceptors (Lipinski definition) is 7. The molecule has 0 aromatic carbocycles. The van der Waals surface area contributed by atoms with Crippen molar-refractivity contribution in [3.05, 3.63) is 0 Å². The molecule has 5 aliphatic rings. The molecule has 52 heavy (non-hydrogen) atoms. The fourth-order valence-corrected chi connectivity index (χ4v) is 11.5. The maximum atomic E-state index is 14.5. The van der Waals surface area contributed by atoms with E-state index in [2.05, 4.69) is 35.1 Å². The van der Waals surface area contributed by atoms with Gasteiger partial charge < -0.3 is 26.2 Å². The van der Waals surface area contributed by atoms with E-state index in [1.54, 1.807) is 9.21 Å². The van der Waals surface area contributed by atoms with Crippen molar-refractivity contribution in [1.82, 2.24) is 30.5 Å². The van der Waals surface area contributed by atoms with Crippen LogP contribution >= 0.6 is 0 Å². The molecule has 294 valence electrons. The normalized spacial score (nSPS) is 30.3. The number of ketones is 1. The molecule has 5 atom stereocenters. The second-order valence-electron chi connectivity index (χ2n) is 16.8. The van der Waals surface area contributed by atoms with Gasteiger partial charge in [-0.25, -0.2) is 17.5 Å². The zero-order chi connectivity index (χ0) is 37.5. The van der Waals surface area contributed by atoms with E-state index < -0.39 is 57.3 Å². The fraction of sp³-hybridized carbons (Fsp3) is 0.868. The number of fused-ring (bicyclic) bond motifs is 3. The number of amides is 5. The second-order valence-corrected chi connectivity index (χ2v) is 18.8. The molecule has 0 bridgehead atoms. The number of sulfonamides is 1. The van der Waals surface area contributed by atoms with E-state index in [-0.39, 0.29) is 28.9 Å². The zero-order valence-electron chi connectivity index (χ0n) is 31.8. The number of Topliss-reactive ketones (excluding diaryl/α,β-unsaturated/α-hetero) is 1. The molecule has 3 aliphatic heterocycles. The molecule has 2 aliphatic carbocycles. The van der Waals surface area contributed by atoms with Crippen molar-refractivity contribution >= 4 is 39.6 Å². The molecule has 0 radical (unpaired) electrons. The van der Waals surface area contributed by atoms with Crippen molar-refractivity contribution in [2.24, 2.45) is 17.3 Å². The summed E-state index contributed by atoms with van der Waals surface area (Å²) in [5.74, 6) is -2.33. The Labute approximate surface area is 311 Å². The minimum absolute atomic E-state index is 0.0938. The number of piperidine rings is 2. The number of urea groups is 1. The van der Waals surface area contributed by atoms with Crippen LogP contribution in [0.25, 0.3) is 0 Å². The standard InChI is InChI=1S/C38H64N6O7S/c1-4-22-39-34(47)32(45)28-18-12-8-6-5-7-9-13-19-29(35(48)44-25-27-30(37(27,2)3)31(44)33(46)40-28)41-36(49)42-38(20-14-10-15-21-38)26-52(50,51)43-23-16-11-17-24-43/h27-31H,4-26H2,1-3H3,(H,39,47)(H,40,46)(H2,41,42,49)/t27-,28-,29-,30-,31-/m0/s1. The van der Waals surface area contributed by atoms with Gasteiger partial charge >= 0.3 is 6.03 Å². The highest BCUT2D eigenvalue weighted by Crippen LogP contribution is 2.65. The molecule has 14 heteroatoms. The third-order valence-corrected chi connectivity index (χ3v) is 14.7. The summed E-state index contributed by atoms with van der Waals surface area (Å²) in [7, 11) is -3.60. The van der Waals surface area contributed by atoms with Gasteiger partial charge in [-0.15, -0.1) is 0 Å². The Morgan fingerprint density at radius 3 is 2.10 bits per heavy atom. The molecule has 13 nitrogen and oxygen atoms in total. The topological polar surface area (TPSA) is 174 Å². The van der Waals surface area contributed by atoms with Crippen LogP contribution in [0.3, 0.4) is 0 Å². The van der Waals surface area contributed by atoms with Crippen LogP contribution in [0.1, 0.15) is 136 Å². The van der Waals surface area contributed by atoms with Gasteiger partial charge in [-0.05, 0) is 62.2 Å². The quantitative estimate of drug-likeness (QED) is 0.260. The Bertz CT molecular complexity index is 1410. The van der Waals surface area contributed by atoms with Gasteiger partial charge in [0.1, 0.15) is 12.1 Å². The largest absolute Gasteiger partial charge is 0.349 e. The third-order valence-electron chi connectivity index (χ3n) is 12.6. The highest BCUT2D eigenvalue weighted by molar-refractivity contribution is 7.89. The first kappa shape index (κ1) is 40.4. The minimum Gasteiger partial charge on any atom is -0.349 e. The average molecular weight is 749 g/mol. The van der Waals surface area contributed by atoms with Crippen LogP contribution in [0.5, 0.6) is 0 Å². The number of rotatable bonds is 9. The minimum atomic E-state index is -3.60. The molecule has 3 heterocycles. The SMILES string of the molecule is CCCNC(=O)C(=O)[C@@H]1CCCCCCCCC[C@H](NC(=O)NC2(CS(=O)(=O)N3CCCCC3)CCCCC2)C(=O)N2C[C@H]3[C@@H]([C@H]2C(=O)N1)C3(C)C. The van der Waals surface area contributed by atoms with E-state index in [1.165, 1.54) is 0 Å². The summed E-state index contributed by atoms with van der Waals surface area (Å²) in [6.45, 7) is 7.81. The molecular formula is C38H64N6O7S. The van der Waals surface area contributed by atoms with Crippen LogP contribution < -0.4 is 21.3 Å². The summed E-state index contributed by atoms with van der Waals surface area (Å²) in [5, 5.41) is 11.6. The first-order chi connectivity index (χ1) is 24.8. The summed E-state index contributed by atoms with van der Waals surface area (Å²) in [4.78, 5) is 70.2. The van der Waals surface area contributed by atoms with Crippen LogP contribution in [0.2, 0.25) is 0 Å². The average Bonchev–Trinajstić information content (AvgIpc) is 3.41. The molecule has 0 spiro atoms. The van der Waals surface area contributed by atoms with Gasteiger partial charge in [0.25, 0.3) is 5.91 Å². The predicted molar refractivity (Wildman–Crippen MR) is 199 cm³/mol. The van der Waals surface area contributed by atoms with E-state index in [9.17, 15) is 32.4 Å². The molecule has 5 amide bonds. The van der Waals surface area contributed by atoms with Gasteiger partial charge in [0.2, 0.25) is 27.6 Å². The van der Waals surface area contributed by atoms with Crippen LogP contribution in [0, 0.1) is 17.3 Å². The molecule has 4 N–H and O–H groups in total. The van der Waals surface area contributed by atoms with Crippen molar-refractivity contribution in [3.8, 4) is 0 Å². The second kappa shape index (κ2) is 17.6. The van der Waals surface area contributed by atoms with E-state index in [4.69, 9.17) is 0 Å². The van der Waals surface area contributed by atoms with Crippen molar-refractivity contribution in [2.75, 3.05) is 31.9 Å². The lowest BCUT2D eigenvalue weighted by Crippen LogP contribution is -2.62. The third kappa shape index (κ3) is 9.67. The molecule has 5 fully saturated rings. The number of nitrogens with one attached hydrogen (secondary N) is 4. The van der Waals surface area contributed by atoms with Crippen LogP contribution in [-0.4, -0.2) is 103 Å². The molecule has 0 unspecified atom stereocenters. The number of carbonyl (C=O) groups is 5. The number of hydrogen-bond donors (Lipinski definition) is 4. The van der Waals surface area contributed by atoms with Gasteiger partial charge in [-0.3, -0.25) is 19.2 Å². The van der Waals surface area contributed by atoms with Crippen LogP contribution in [0.15, 0.2) is 0 Å². The van der Waals surface area contributed by atoms with Crippen molar-refractivity contribution in [1.29, 1.82) is 0 Å². The zero-order valence-corrected chi connectivity index (χ0v) is 32.6. The van der Waals surface area contributed by atoms with Gasteiger partial charge in [0, 0.05) is 26.2 Å². The Morgan fingerprint density at radius 1 is 0.846 bits per heavy atom. The van der Waals surface area contributed by atoms with E-state index in [1.807, 2.05) is 6.92 Å². The lowest BCUT2D eigenvalue weighted by atomic mass is 9.83. The highest BCUT2D eigenvalue weighted by atomic mass is 32.2. The van der Waals surface area contributed by atoms with Crippen molar-refractivity contribution < 1.29 is 32.4 Å². The Morgan fingerprint density at radius 2 is 1.44 bits per heavy atom. The van der Waals surface area contributed by atoms with Crippen LogP contribution in [0.4, 0.5) is 4.79 Å². The number of carbonyl (C=O) groups excluding carboxylic acids is 5. The van der Waals surface area contributed by atoms with Crippen molar-refractivity contribution in [3.63, 3.8) is 0 Å². The van der Waals surface area contributed by atoms with Crippen molar-refractivity contribution in [2.45, 2.75) is 160 Å². The number of nitrogens with zero attached hydrogens (tertiary/aromatic N) is 2. The van der Waals surface area contributed by atoms with E-state index in [0.29, 0.717) is 64.7 Å². The molecular weight excluding hydrogens is 685 g/mol. The Balaban J connectivity index is 1.35. The summed E-state index contributed by atoms with van der Waals surface area (Å²) in [5.41, 5.74) is -1.10. The monoisotopic (exact) mass is 748 g/mol. The molecule has 5 rings (SSSR count). The first-order valence-corrected chi connectivity index (χ1v) is 21.9. The van der Waals surface area contributed by atoms with Crippen LogP contribution in [-0.2, 0) is 29.2 Å². The van der Waals surface area contributed by atoms with Gasteiger partial charge in [0.05, 0.1) is 17.3 Å². The van der Waals surface area contributed by atoms with E-state index >= 15 is 0 Å². The summed E-state index contributed by atoms with van der Waals surface area (Å²) in [6, 6.07) is -3.28. The van der Waals surface area contributed by atoms with Gasteiger partial charge in [0.15, 0.2) is 0 Å². The molecule has 0 aromatic heterocycles. The van der Waals surface area contributed by atoms with Gasteiger partial charge in [-0.2, -0.15) is 0 Å². The summed E-state index contributed by atoms with van der Waals surface area (Å²) >= 11 is 0. The Hall–Kier alpha value is -2.74. The summed E-state index contributed by atoms with van der Waals surface area (Å²) < 4.78 is 28.8. The van der Waals surface area contributed by atoms with E-state index in [0.717, 1.165) is 77.0 Å². The molecule has 3 saturated heterocycles. The summed E-state index contributed by atoms with van der Waals surface area (Å²) in [6.07, 6.45) is 13.9. The fourth-order valence-electron chi connectivity index (χ4n) is 9.41. The molecule has 0 aromatic rings. The highest BCUT2D eigenvalue weighted by Gasteiger charge is 2.69. The lowest BCUT2D eigenvalue weighted by Gasteiger charge is -2.40. The maximum Gasteiger partial charge on any atom is 0.315 e. The smallest absolute Gasteiger partial charge is 0.315 e. The first-order valence-electron chi connectivity index (χ1n) is 20.3. The molecule has 2 saturated carbocycles. The lowest BCUT2D eigenvalue weighted by molar-refractivity contribution is -0.144. The van der Waals surface area contributed by atoms with Gasteiger partial charge in [-0.1, -0.05) is 91.4 Å². The Kier molecular flexibility index (Phi) is 13.7. The maximum absolute atomic E-state index is 14.5.